The topological polar surface area (TPSA) is 100 Å². The van der Waals surface area contributed by atoms with Crippen molar-refractivity contribution in [2.24, 2.45) is 4.99 Å². The van der Waals surface area contributed by atoms with Crippen LogP contribution in [0.5, 0.6) is 0 Å². The fourth-order valence-electron chi connectivity index (χ4n) is 2.70. The zero-order valence-corrected chi connectivity index (χ0v) is 15.3. The highest BCUT2D eigenvalue weighted by Crippen LogP contribution is 2.28. The number of rotatable bonds is 4. The molecule has 0 spiro atoms. The number of nitrogens with one attached hydrogen (secondary N) is 1. The number of aromatic amines is 1. The van der Waals surface area contributed by atoms with Gasteiger partial charge in [0.15, 0.2) is 0 Å². The number of aromatic carboxylic acids is 1. The van der Waals surface area contributed by atoms with Crippen LogP contribution in [0.3, 0.4) is 0 Å². The summed E-state index contributed by atoms with van der Waals surface area (Å²) in [6.07, 6.45) is 1.42. The van der Waals surface area contributed by atoms with Gasteiger partial charge in [0.25, 0.3) is 5.56 Å². The summed E-state index contributed by atoms with van der Waals surface area (Å²) in [6.45, 7) is 1.74. The number of aliphatic imine (C=N–C) groups is 1. The summed E-state index contributed by atoms with van der Waals surface area (Å²) in [6, 6.07) is 10.2. The molecule has 4 aromatic rings. The Balaban J connectivity index is 1.68. The van der Waals surface area contributed by atoms with Crippen LogP contribution in [0.1, 0.15) is 21.6 Å². The van der Waals surface area contributed by atoms with Gasteiger partial charge in [-0.2, -0.15) is 0 Å². The van der Waals surface area contributed by atoms with E-state index >= 15 is 0 Å². The minimum absolute atomic E-state index is 0.176. The van der Waals surface area contributed by atoms with Gasteiger partial charge in [-0.25, -0.2) is 23.8 Å². The molecule has 0 unspecified atom stereocenters. The molecular weight excluding hydrogens is 383 g/mol. The van der Waals surface area contributed by atoms with Crippen molar-refractivity contribution in [2.75, 3.05) is 0 Å². The highest BCUT2D eigenvalue weighted by molar-refractivity contribution is 7.22. The number of thiazole rings is 1. The zero-order chi connectivity index (χ0) is 19.8. The van der Waals surface area contributed by atoms with Gasteiger partial charge in [-0.3, -0.25) is 9.89 Å². The van der Waals surface area contributed by atoms with Gasteiger partial charge in [-0.15, -0.1) is 0 Å². The molecule has 28 heavy (non-hydrogen) atoms. The fraction of sp³-hybridized carbons (Fsp3) is 0.0526. The number of H-pyrrole nitrogens is 1. The summed E-state index contributed by atoms with van der Waals surface area (Å²) in [5, 5.41) is 12.4. The van der Waals surface area contributed by atoms with Crippen LogP contribution in [-0.2, 0) is 0 Å². The average Bonchev–Trinajstić information content (AvgIpc) is 3.20. The quantitative estimate of drug-likeness (QED) is 0.514. The van der Waals surface area contributed by atoms with Crippen molar-refractivity contribution in [1.82, 2.24) is 14.8 Å². The molecule has 140 valence electrons. The monoisotopic (exact) mass is 396 g/mol. The third kappa shape index (κ3) is 3.23. The van der Waals surface area contributed by atoms with Crippen LogP contribution in [0.25, 0.3) is 15.9 Å². The lowest BCUT2D eigenvalue weighted by atomic mass is 10.2. The van der Waals surface area contributed by atoms with E-state index in [0.29, 0.717) is 32.3 Å². The van der Waals surface area contributed by atoms with Crippen molar-refractivity contribution >= 4 is 38.9 Å². The highest BCUT2D eigenvalue weighted by Gasteiger charge is 2.12. The Morgan fingerprint density at radius 3 is 2.75 bits per heavy atom. The molecule has 9 heteroatoms. The number of benzene rings is 2. The van der Waals surface area contributed by atoms with Crippen molar-refractivity contribution in [3.8, 4) is 5.69 Å². The van der Waals surface area contributed by atoms with Gasteiger partial charge in [-0.1, -0.05) is 11.3 Å². The Hall–Kier alpha value is -3.59. The summed E-state index contributed by atoms with van der Waals surface area (Å²) in [5.41, 5.74) is 1.96. The van der Waals surface area contributed by atoms with Gasteiger partial charge >= 0.3 is 5.97 Å². The maximum atomic E-state index is 13.1. The number of aryl methyl sites for hydroxylation is 1. The Morgan fingerprint density at radius 1 is 1.29 bits per heavy atom. The second-order valence-electron chi connectivity index (χ2n) is 6.01. The van der Waals surface area contributed by atoms with Crippen LogP contribution >= 0.6 is 11.3 Å². The molecule has 2 N–H and O–H groups in total. The smallest absolute Gasteiger partial charge is 0.335 e. The van der Waals surface area contributed by atoms with Crippen LogP contribution in [0.2, 0.25) is 0 Å². The number of carboxylic acid groups (broad SMARTS) is 1. The van der Waals surface area contributed by atoms with E-state index in [4.69, 9.17) is 5.11 Å². The summed E-state index contributed by atoms with van der Waals surface area (Å²) < 4.78 is 15.1. The van der Waals surface area contributed by atoms with Gasteiger partial charge < -0.3 is 5.11 Å². The molecule has 4 rings (SSSR count). The first-order valence-corrected chi connectivity index (χ1v) is 8.99. The zero-order valence-electron chi connectivity index (χ0n) is 14.5. The van der Waals surface area contributed by atoms with E-state index < -0.39 is 5.97 Å². The molecule has 0 aliphatic heterocycles. The van der Waals surface area contributed by atoms with Crippen LogP contribution in [0.15, 0.2) is 52.3 Å². The molecule has 0 saturated heterocycles. The lowest BCUT2D eigenvalue weighted by Gasteiger charge is -2.00. The Labute approximate surface area is 161 Å². The molecule has 2 aromatic heterocycles. The molecule has 2 aromatic carbocycles. The Morgan fingerprint density at radius 2 is 2.04 bits per heavy atom. The maximum Gasteiger partial charge on any atom is 0.335 e. The van der Waals surface area contributed by atoms with Gasteiger partial charge in [0.05, 0.1) is 27.0 Å². The molecule has 7 nitrogen and oxygen atoms in total. The van der Waals surface area contributed by atoms with E-state index in [9.17, 15) is 14.0 Å². The molecule has 0 amide bonds. The first kappa shape index (κ1) is 17.8. The van der Waals surface area contributed by atoms with Crippen molar-refractivity contribution in [2.45, 2.75) is 6.92 Å². The number of aromatic nitrogens is 3. The minimum atomic E-state index is -1.01. The SMILES string of the molecule is Cc1[nH]n(-c2ccc(F)cc2)c(=O)c1C=Nc1nc2ccc(C(=O)O)cc2s1. The van der Waals surface area contributed by atoms with Crippen molar-refractivity contribution < 1.29 is 14.3 Å². The molecule has 0 aliphatic rings. The summed E-state index contributed by atoms with van der Waals surface area (Å²) in [7, 11) is 0. The second kappa shape index (κ2) is 6.86. The van der Waals surface area contributed by atoms with Crippen molar-refractivity contribution in [1.29, 1.82) is 0 Å². The fourth-order valence-corrected chi connectivity index (χ4v) is 3.55. The Bertz CT molecular complexity index is 1280. The first-order valence-electron chi connectivity index (χ1n) is 8.18. The molecule has 0 atom stereocenters. The normalized spacial score (nSPS) is 11.5. The number of carboxylic acids is 1. The van der Waals surface area contributed by atoms with Crippen LogP contribution in [0.4, 0.5) is 9.52 Å². The van der Waals surface area contributed by atoms with Crippen LogP contribution in [0, 0.1) is 12.7 Å². The first-order chi connectivity index (χ1) is 13.4. The van der Waals surface area contributed by atoms with Crippen LogP contribution in [-0.4, -0.2) is 32.1 Å². The summed E-state index contributed by atoms with van der Waals surface area (Å²) >= 11 is 1.23. The van der Waals surface area contributed by atoms with Gasteiger partial charge in [0.1, 0.15) is 5.82 Å². The highest BCUT2D eigenvalue weighted by atomic mass is 32.1. The number of carbonyl (C=O) groups is 1. The maximum absolute atomic E-state index is 13.1. The Kier molecular flexibility index (Phi) is 4.36. The average molecular weight is 396 g/mol. The van der Waals surface area contributed by atoms with E-state index in [1.54, 1.807) is 13.0 Å². The van der Waals surface area contributed by atoms with E-state index in [0.717, 1.165) is 0 Å². The predicted molar refractivity (Wildman–Crippen MR) is 105 cm³/mol. The predicted octanol–water partition coefficient (Wildman–Crippen LogP) is 3.67. The van der Waals surface area contributed by atoms with Crippen molar-refractivity contribution in [3.63, 3.8) is 0 Å². The largest absolute Gasteiger partial charge is 0.478 e. The second-order valence-corrected chi connectivity index (χ2v) is 7.02. The summed E-state index contributed by atoms with van der Waals surface area (Å²) in [5.74, 6) is -1.40. The number of nitrogens with zero attached hydrogens (tertiary/aromatic N) is 3. The number of hydrogen-bond donors (Lipinski definition) is 2. The molecule has 0 fully saturated rings. The number of halogens is 1. The van der Waals surface area contributed by atoms with Gasteiger partial charge in [0, 0.05) is 11.9 Å². The van der Waals surface area contributed by atoms with Gasteiger partial charge in [0.2, 0.25) is 5.13 Å². The molecule has 0 aliphatic carbocycles. The molecular formula is C19H13FN4O3S. The third-order valence-corrected chi connectivity index (χ3v) is 5.06. The van der Waals surface area contributed by atoms with Gasteiger partial charge in [-0.05, 0) is 49.4 Å². The van der Waals surface area contributed by atoms with E-state index in [1.807, 2.05) is 0 Å². The van der Waals surface area contributed by atoms with E-state index in [2.05, 4.69) is 15.1 Å². The van der Waals surface area contributed by atoms with Crippen molar-refractivity contribution in [3.05, 3.63) is 75.5 Å². The summed E-state index contributed by atoms with van der Waals surface area (Å²) in [4.78, 5) is 32.3. The van der Waals surface area contributed by atoms with Crippen LogP contribution < -0.4 is 5.56 Å². The van der Waals surface area contributed by atoms with E-state index in [1.165, 1.54) is 58.6 Å². The van der Waals surface area contributed by atoms with E-state index in [-0.39, 0.29) is 16.9 Å². The number of fused-ring (bicyclic) bond motifs is 1. The molecule has 0 radical (unpaired) electrons. The molecule has 0 saturated carbocycles. The lowest BCUT2D eigenvalue weighted by Crippen LogP contribution is -2.17. The molecule has 0 bridgehead atoms. The lowest BCUT2D eigenvalue weighted by molar-refractivity contribution is 0.0697. The standard InChI is InChI=1S/C19H13FN4O3S/c1-10-14(17(25)24(23-10)13-5-3-12(20)4-6-13)9-21-19-22-15-7-2-11(18(26)27)8-16(15)28-19/h2-9,23H,1H3,(H,26,27). The molecule has 2 heterocycles. The number of hydrogen-bond acceptors (Lipinski definition) is 5. The third-order valence-electron chi connectivity index (χ3n) is 4.13. The minimum Gasteiger partial charge on any atom is -0.478 e.